The van der Waals surface area contributed by atoms with Gasteiger partial charge in [-0.1, -0.05) is 12.1 Å². The summed E-state index contributed by atoms with van der Waals surface area (Å²) >= 11 is 0. The Labute approximate surface area is 169 Å². The van der Waals surface area contributed by atoms with Crippen LogP contribution in [0.2, 0.25) is 0 Å². The highest BCUT2D eigenvalue weighted by Crippen LogP contribution is 2.12. The Balaban J connectivity index is 0.00000312. The molecule has 1 heterocycles. The van der Waals surface area contributed by atoms with Crippen LogP contribution < -0.4 is 15.4 Å². The van der Waals surface area contributed by atoms with Crippen molar-refractivity contribution < 1.29 is 4.74 Å². The van der Waals surface area contributed by atoms with Gasteiger partial charge in [-0.15, -0.1) is 24.0 Å². The van der Waals surface area contributed by atoms with Crippen molar-refractivity contribution in [3.63, 3.8) is 0 Å². The summed E-state index contributed by atoms with van der Waals surface area (Å²) in [7, 11) is 5.68. The summed E-state index contributed by atoms with van der Waals surface area (Å²) in [5, 5.41) is 6.79. The van der Waals surface area contributed by atoms with Crippen LogP contribution in [0.4, 0.5) is 0 Å². The number of benzene rings is 1. The van der Waals surface area contributed by atoms with E-state index in [1.165, 1.54) is 5.56 Å². The van der Waals surface area contributed by atoms with E-state index in [-0.39, 0.29) is 24.0 Å². The highest BCUT2D eigenvalue weighted by atomic mass is 127. The van der Waals surface area contributed by atoms with Crippen LogP contribution in [0.25, 0.3) is 0 Å². The van der Waals surface area contributed by atoms with Crippen LogP contribution in [-0.4, -0.2) is 75.7 Å². The van der Waals surface area contributed by atoms with Crippen molar-refractivity contribution in [2.24, 2.45) is 4.99 Å². The number of methoxy groups -OCH3 is 1. The van der Waals surface area contributed by atoms with Gasteiger partial charge in [0.1, 0.15) is 5.75 Å². The molecule has 1 atom stereocenters. The maximum absolute atomic E-state index is 5.26. The summed E-state index contributed by atoms with van der Waals surface area (Å²) < 4.78 is 5.26. The zero-order valence-electron chi connectivity index (χ0n) is 15.8. The van der Waals surface area contributed by atoms with E-state index in [2.05, 4.69) is 45.5 Å². The molecule has 0 aromatic heterocycles. The highest BCUT2D eigenvalue weighted by Gasteiger charge is 2.18. The first-order valence-electron chi connectivity index (χ1n) is 8.62. The number of nitrogens with one attached hydrogen (secondary N) is 2. The molecule has 2 rings (SSSR count). The van der Waals surface area contributed by atoms with E-state index in [4.69, 9.17) is 4.74 Å². The first-order chi connectivity index (χ1) is 11.6. The van der Waals surface area contributed by atoms with Crippen LogP contribution in [0.1, 0.15) is 12.5 Å². The van der Waals surface area contributed by atoms with Crippen LogP contribution in [0.15, 0.2) is 29.3 Å². The number of likely N-dealkylation sites (N-methyl/N-ethyl adjacent to an activating group) is 1. The van der Waals surface area contributed by atoms with Gasteiger partial charge in [0.2, 0.25) is 0 Å². The number of nitrogens with zero attached hydrogens (tertiary/aromatic N) is 3. The van der Waals surface area contributed by atoms with Gasteiger partial charge in [-0.2, -0.15) is 0 Å². The number of hydrogen-bond donors (Lipinski definition) is 2. The minimum Gasteiger partial charge on any atom is -0.497 e. The van der Waals surface area contributed by atoms with Crippen molar-refractivity contribution in [2.45, 2.75) is 19.5 Å². The molecule has 142 valence electrons. The molecule has 2 N–H and O–H groups in total. The minimum absolute atomic E-state index is 0. The van der Waals surface area contributed by atoms with E-state index in [0.717, 1.165) is 51.0 Å². The lowest BCUT2D eigenvalue weighted by Crippen LogP contribution is -2.52. The molecule has 1 unspecified atom stereocenters. The van der Waals surface area contributed by atoms with Crippen LogP contribution in [-0.2, 0) is 6.54 Å². The van der Waals surface area contributed by atoms with Crippen LogP contribution in [0.3, 0.4) is 0 Å². The Morgan fingerprint density at radius 1 is 1.24 bits per heavy atom. The molecule has 0 radical (unpaired) electrons. The van der Waals surface area contributed by atoms with E-state index in [1.54, 1.807) is 14.2 Å². The number of piperazine rings is 1. The Bertz CT molecular complexity index is 532. The van der Waals surface area contributed by atoms with E-state index >= 15 is 0 Å². The lowest BCUT2D eigenvalue weighted by molar-refractivity contribution is 0.120. The lowest BCUT2D eigenvalue weighted by Gasteiger charge is -2.36. The van der Waals surface area contributed by atoms with Crippen molar-refractivity contribution in [3.8, 4) is 5.75 Å². The molecule has 6 nitrogen and oxygen atoms in total. The van der Waals surface area contributed by atoms with Gasteiger partial charge in [0.25, 0.3) is 0 Å². The molecule has 0 amide bonds. The summed E-state index contributed by atoms with van der Waals surface area (Å²) in [6.45, 7) is 8.44. The van der Waals surface area contributed by atoms with Gasteiger partial charge in [0.05, 0.1) is 7.11 Å². The third-order valence-electron chi connectivity index (χ3n) is 4.54. The molecule has 1 aromatic rings. The lowest BCUT2D eigenvalue weighted by atomic mass is 10.2. The summed E-state index contributed by atoms with van der Waals surface area (Å²) in [6.07, 6.45) is 0. The molecule has 0 saturated carbocycles. The molecular weight excluding hydrogens is 429 g/mol. The summed E-state index contributed by atoms with van der Waals surface area (Å²) in [5.41, 5.74) is 1.17. The number of ether oxygens (including phenoxy) is 1. The van der Waals surface area contributed by atoms with E-state index < -0.39 is 0 Å². The third kappa shape index (κ3) is 7.37. The van der Waals surface area contributed by atoms with Crippen LogP contribution in [0.5, 0.6) is 5.75 Å². The second-order valence-electron chi connectivity index (χ2n) is 6.35. The minimum atomic E-state index is 0. The summed E-state index contributed by atoms with van der Waals surface area (Å²) in [6, 6.07) is 8.56. The zero-order valence-corrected chi connectivity index (χ0v) is 18.1. The van der Waals surface area contributed by atoms with Crippen molar-refractivity contribution in [3.05, 3.63) is 29.8 Å². The molecule has 7 heteroatoms. The second-order valence-corrected chi connectivity index (χ2v) is 6.35. The Morgan fingerprint density at radius 3 is 2.60 bits per heavy atom. The Hall–Kier alpha value is -1.06. The largest absolute Gasteiger partial charge is 0.497 e. The predicted octanol–water partition coefficient (Wildman–Crippen LogP) is 1.61. The molecule has 1 saturated heterocycles. The summed E-state index contributed by atoms with van der Waals surface area (Å²) in [4.78, 5) is 9.22. The average Bonchev–Trinajstić information content (AvgIpc) is 2.62. The van der Waals surface area contributed by atoms with Crippen molar-refractivity contribution in [1.82, 2.24) is 20.4 Å². The smallest absolute Gasteiger partial charge is 0.191 e. The maximum Gasteiger partial charge on any atom is 0.191 e. The highest BCUT2D eigenvalue weighted by molar-refractivity contribution is 14.0. The Kier molecular flexibility index (Phi) is 10.1. The van der Waals surface area contributed by atoms with E-state index in [1.807, 2.05) is 18.2 Å². The molecule has 1 aliphatic rings. The van der Waals surface area contributed by atoms with Gasteiger partial charge < -0.3 is 20.3 Å². The molecule has 0 spiro atoms. The number of rotatable bonds is 6. The Morgan fingerprint density at radius 2 is 1.96 bits per heavy atom. The van der Waals surface area contributed by atoms with Gasteiger partial charge in [-0.05, 0) is 31.7 Å². The van der Waals surface area contributed by atoms with Gasteiger partial charge >= 0.3 is 0 Å². The monoisotopic (exact) mass is 461 g/mol. The van der Waals surface area contributed by atoms with Gasteiger partial charge in [0, 0.05) is 52.4 Å². The number of guanidine groups is 1. The standard InChI is InChI=1S/C18H31N5O.HI/c1-15(23-10-8-22(3)9-11-23)13-20-18(19-2)21-14-16-6-5-7-17(12-16)24-4;/h5-7,12,15H,8-11,13-14H2,1-4H3,(H2,19,20,21);1H. The van der Waals surface area contributed by atoms with Gasteiger partial charge in [-0.3, -0.25) is 9.89 Å². The van der Waals surface area contributed by atoms with Crippen molar-refractivity contribution in [2.75, 3.05) is 53.9 Å². The summed E-state index contributed by atoms with van der Waals surface area (Å²) in [5.74, 6) is 1.71. The van der Waals surface area contributed by atoms with E-state index in [0.29, 0.717) is 6.04 Å². The van der Waals surface area contributed by atoms with Crippen molar-refractivity contribution in [1.29, 1.82) is 0 Å². The number of aliphatic imine (C=N–C) groups is 1. The first kappa shape index (κ1) is 22.0. The van der Waals surface area contributed by atoms with Gasteiger partial charge in [0.15, 0.2) is 5.96 Å². The second kappa shape index (κ2) is 11.5. The molecular formula is C18H32IN5O. The molecule has 1 fully saturated rings. The average molecular weight is 461 g/mol. The van der Waals surface area contributed by atoms with Crippen LogP contribution >= 0.6 is 24.0 Å². The zero-order chi connectivity index (χ0) is 17.4. The fraction of sp³-hybridized carbons (Fsp3) is 0.611. The topological polar surface area (TPSA) is 52.1 Å². The molecule has 1 aliphatic heterocycles. The van der Waals surface area contributed by atoms with Crippen molar-refractivity contribution >= 4 is 29.9 Å². The first-order valence-corrected chi connectivity index (χ1v) is 8.62. The number of hydrogen-bond acceptors (Lipinski definition) is 4. The fourth-order valence-electron chi connectivity index (χ4n) is 2.82. The fourth-order valence-corrected chi connectivity index (χ4v) is 2.82. The van der Waals surface area contributed by atoms with Crippen LogP contribution in [0, 0.1) is 0 Å². The molecule has 0 bridgehead atoms. The van der Waals surface area contributed by atoms with Gasteiger partial charge in [-0.25, -0.2) is 0 Å². The normalized spacial score (nSPS) is 17.5. The maximum atomic E-state index is 5.26. The quantitative estimate of drug-likeness (QED) is 0.383. The predicted molar refractivity (Wildman–Crippen MR) is 115 cm³/mol. The molecule has 0 aliphatic carbocycles. The number of halogens is 1. The third-order valence-corrected chi connectivity index (χ3v) is 4.54. The van der Waals surface area contributed by atoms with E-state index in [9.17, 15) is 0 Å². The SMILES string of the molecule is CN=C(NCc1cccc(OC)c1)NCC(C)N1CCN(C)CC1.I. The molecule has 1 aromatic carbocycles. The molecule has 25 heavy (non-hydrogen) atoms.